The van der Waals surface area contributed by atoms with Crippen LogP contribution in [0.4, 0.5) is 10.3 Å². The van der Waals surface area contributed by atoms with Crippen molar-refractivity contribution in [3.05, 3.63) is 71.7 Å². The number of anilines is 1. The highest BCUT2D eigenvalue weighted by molar-refractivity contribution is 5.91. The van der Waals surface area contributed by atoms with Gasteiger partial charge in [-0.25, -0.2) is 4.39 Å². The molecule has 32 heavy (non-hydrogen) atoms. The van der Waals surface area contributed by atoms with Gasteiger partial charge in [0.05, 0.1) is 25.3 Å². The fourth-order valence-corrected chi connectivity index (χ4v) is 3.25. The molecule has 0 saturated carbocycles. The van der Waals surface area contributed by atoms with Crippen LogP contribution in [-0.4, -0.2) is 30.2 Å². The average molecular weight is 439 g/mol. The summed E-state index contributed by atoms with van der Waals surface area (Å²) < 4.78 is 24.1. The lowest BCUT2D eigenvalue weighted by molar-refractivity contribution is -0.142. The van der Waals surface area contributed by atoms with Crippen molar-refractivity contribution in [1.82, 2.24) is 5.16 Å². The number of aromatic nitrogens is 1. The lowest BCUT2D eigenvalue weighted by atomic mass is 9.94. The van der Waals surface area contributed by atoms with Gasteiger partial charge in [0.15, 0.2) is 5.96 Å². The molecule has 8 heteroatoms. The second-order valence-electron chi connectivity index (χ2n) is 7.34. The summed E-state index contributed by atoms with van der Waals surface area (Å²) in [6, 6.07) is 16.3. The van der Waals surface area contributed by atoms with E-state index in [1.807, 2.05) is 30.3 Å². The van der Waals surface area contributed by atoms with E-state index in [0.717, 1.165) is 16.8 Å². The van der Waals surface area contributed by atoms with E-state index in [1.165, 1.54) is 6.07 Å². The SMILES string of the molecule is CCOC(=O)CCN=C(N)Nc1cc(CC(C)c2ccc(-c3ccccc3F)cc2)no1. The van der Waals surface area contributed by atoms with Crippen LogP contribution in [0.5, 0.6) is 0 Å². The Hall–Kier alpha value is -3.68. The normalized spacial score (nSPS) is 12.4. The molecule has 1 atom stereocenters. The van der Waals surface area contributed by atoms with Gasteiger partial charge in [-0.2, -0.15) is 0 Å². The predicted octanol–water partition coefficient (Wildman–Crippen LogP) is 4.51. The number of guanidine groups is 1. The van der Waals surface area contributed by atoms with Crippen LogP contribution in [0.2, 0.25) is 0 Å². The molecule has 0 amide bonds. The highest BCUT2D eigenvalue weighted by atomic mass is 19.1. The van der Waals surface area contributed by atoms with Gasteiger partial charge in [0, 0.05) is 11.6 Å². The molecule has 3 aromatic rings. The third-order valence-electron chi connectivity index (χ3n) is 4.89. The first-order valence-corrected chi connectivity index (χ1v) is 10.5. The van der Waals surface area contributed by atoms with Gasteiger partial charge in [0.2, 0.25) is 5.88 Å². The average Bonchev–Trinajstić information content (AvgIpc) is 3.21. The molecule has 168 valence electrons. The number of esters is 1. The van der Waals surface area contributed by atoms with E-state index in [-0.39, 0.29) is 36.6 Å². The number of aliphatic imine (C=N–C) groups is 1. The smallest absolute Gasteiger partial charge is 0.307 e. The van der Waals surface area contributed by atoms with E-state index < -0.39 is 0 Å². The lowest BCUT2D eigenvalue weighted by Gasteiger charge is -2.11. The minimum Gasteiger partial charge on any atom is -0.466 e. The summed E-state index contributed by atoms with van der Waals surface area (Å²) in [5.74, 6) is 0.132. The Labute approximate surface area is 186 Å². The molecule has 0 aliphatic rings. The second kappa shape index (κ2) is 11.1. The van der Waals surface area contributed by atoms with E-state index >= 15 is 0 Å². The number of hydrogen-bond acceptors (Lipinski definition) is 5. The van der Waals surface area contributed by atoms with Crippen LogP contribution in [0.15, 0.2) is 64.1 Å². The molecular formula is C24H27FN4O3. The third-order valence-corrected chi connectivity index (χ3v) is 4.89. The van der Waals surface area contributed by atoms with Crippen LogP contribution in [0.25, 0.3) is 11.1 Å². The zero-order valence-electron chi connectivity index (χ0n) is 18.2. The summed E-state index contributed by atoms with van der Waals surface area (Å²) in [6.07, 6.45) is 0.815. The maximum atomic E-state index is 14.0. The quantitative estimate of drug-likeness (QED) is 0.290. The Morgan fingerprint density at radius 3 is 2.72 bits per heavy atom. The van der Waals surface area contributed by atoms with Crippen LogP contribution < -0.4 is 11.1 Å². The van der Waals surface area contributed by atoms with Crippen LogP contribution in [0, 0.1) is 5.82 Å². The number of nitrogens with two attached hydrogens (primary N) is 1. The Morgan fingerprint density at radius 1 is 1.25 bits per heavy atom. The highest BCUT2D eigenvalue weighted by Gasteiger charge is 2.12. The van der Waals surface area contributed by atoms with Gasteiger partial charge in [-0.05, 0) is 36.5 Å². The molecule has 1 heterocycles. The van der Waals surface area contributed by atoms with Crippen molar-refractivity contribution in [1.29, 1.82) is 0 Å². The zero-order valence-corrected chi connectivity index (χ0v) is 18.2. The van der Waals surface area contributed by atoms with Crippen LogP contribution >= 0.6 is 0 Å². The van der Waals surface area contributed by atoms with E-state index in [4.69, 9.17) is 15.0 Å². The van der Waals surface area contributed by atoms with Gasteiger partial charge in [-0.1, -0.05) is 54.5 Å². The number of ether oxygens (including phenoxy) is 1. The van der Waals surface area contributed by atoms with Crippen molar-refractivity contribution in [3.8, 4) is 11.1 Å². The molecule has 0 bridgehead atoms. The largest absolute Gasteiger partial charge is 0.466 e. The van der Waals surface area contributed by atoms with Crippen LogP contribution in [0.1, 0.15) is 37.4 Å². The van der Waals surface area contributed by atoms with Gasteiger partial charge in [-0.3, -0.25) is 15.1 Å². The number of carbonyl (C=O) groups excluding carboxylic acids is 1. The Balaban J connectivity index is 1.54. The minimum atomic E-state index is -0.318. The van der Waals surface area contributed by atoms with Crippen molar-refractivity contribution < 1.29 is 18.4 Å². The molecule has 0 spiro atoms. The number of halogens is 1. The number of benzene rings is 2. The topological polar surface area (TPSA) is 103 Å². The summed E-state index contributed by atoms with van der Waals surface area (Å²) in [5.41, 5.74) is 9.11. The number of hydrogen-bond donors (Lipinski definition) is 2. The predicted molar refractivity (Wildman–Crippen MR) is 122 cm³/mol. The Kier molecular flexibility index (Phi) is 7.96. The van der Waals surface area contributed by atoms with Gasteiger partial charge >= 0.3 is 5.97 Å². The molecular weight excluding hydrogens is 411 g/mol. The molecule has 1 aromatic heterocycles. The van der Waals surface area contributed by atoms with Gasteiger partial charge in [-0.15, -0.1) is 0 Å². The summed E-state index contributed by atoms with van der Waals surface area (Å²) in [4.78, 5) is 15.4. The first-order valence-electron chi connectivity index (χ1n) is 10.5. The molecule has 0 saturated heterocycles. The van der Waals surface area contributed by atoms with Crippen LogP contribution in [0.3, 0.4) is 0 Å². The van der Waals surface area contributed by atoms with E-state index in [2.05, 4.69) is 22.4 Å². The van der Waals surface area contributed by atoms with Crippen LogP contribution in [-0.2, 0) is 16.0 Å². The zero-order chi connectivity index (χ0) is 22.9. The monoisotopic (exact) mass is 438 g/mol. The van der Waals surface area contributed by atoms with Gasteiger partial charge in [0.25, 0.3) is 0 Å². The summed E-state index contributed by atoms with van der Waals surface area (Å²) in [5, 5.41) is 6.90. The molecule has 1 unspecified atom stereocenters. The number of nitrogens with zero attached hydrogens (tertiary/aromatic N) is 2. The maximum absolute atomic E-state index is 14.0. The molecule has 0 aliphatic heterocycles. The Morgan fingerprint density at radius 2 is 2.00 bits per heavy atom. The fraction of sp³-hybridized carbons (Fsp3) is 0.292. The molecule has 2 aromatic carbocycles. The summed E-state index contributed by atoms with van der Waals surface area (Å²) in [6.45, 7) is 4.40. The Bertz CT molecular complexity index is 1060. The van der Waals surface area contributed by atoms with Crippen molar-refractivity contribution in [2.45, 2.75) is 32.6 Å². The van der Waals surface area contributed by atoms with Crippen molar-refractivity contribution in [2.24, 2.45) is 10.7 Å². The van der Waals surface area contributed by atoms with Gasteiger partial charge < -0.3 is 15.0 Å². The van der Waals surface area contributed by atoms with Crippen molar-refractivity contribution >= 4 is 17.8 Å². The van der Waals surface area contributed by atoms with Gasteiger partial charge in [0.1, 0.15) is 5.82 Å². The van der Waals surface area contributed by atoms with E-state index in [1.54, 1.807) is 25.1 Å². The first kappa shape index (κ1) is 23.0. The molecule has 0 fully saturated rings. The summed E-state index contributed by atoms with van der Waals surface area (Å²) in [7, 11) is 0. The molecule has 7 nitrogen and oxygen atoms in total. The first-order chi connectivity index (χ1) is 15.5. The second-order valence-corrected chi connectivity index (χ2v) is 7.34. The number of nitrogens with one attached hydrogen (secondary N) is 1. The van der Waals surface area contributed by atoms with Crippen molar-refractivity contribution in [3.63, 3.8) is 0 Å². The molecule has 0 aliphatic carbocycles. The fourth-order valence-electron chi connectivity index (χ4n) is 3.25. The third kappa shape index (κ3) is 6.41. The number of carbonyl (C=O) groups is 1. The maximum Gasteiger partial charge on any atom is 0.307 e. The van der Waals surface area contributed by atoms with E-state index in [0.29, 0.717) is 24.5 Å². The molecule has 3 N–H and O–H groups in total. The highest BCUT2D eigenvalue weighted by Crippen LogP contribution is 2.26. The molecule has 3 rings (SSSR count). The van der Waals surface area contributed by atoms with E-state index in [9.17, 15) is 9.18 Å². The standard InChI is InChI=1S/C24H27FN4O3/c1-3-31-23(30)12-13-27-24(26)28-22-15-19(29-32-22)14-16(2)17-8-10-18(11-9-17)20-6-4-5-7-21(20)25/h4-11,15-16H,3,12-14H2,1-2H3,(H3,26,27,28). The molecule has 0 radical (unpaired) electrons. The lowest BCUT2D eigenvalue weighted by Crippen LogP contribution is -2.23. The number of rotatable bonds is 9. The minimum absolute atomic E-state index is 0.133. The van der Waals surface area contributed by atoms with Crippen molar-refractivity contribution in [2.75, 3.05) is 18.5 Å². The summed E-state index contributed by atoms with van der Waals surface area (Å²) >= 11 is 0.